The Labute approximate surface area is 233 Å². The fraction of sp³-hybridized carbons (Fsp3) is 0.367. The maximum Gasteiger partial charge on any atom is 0.223 e. The summed E-state index contributed by atoms with van der Waals surface area (Å²) in [4.78, 5) is 9.69. The largest absolute Gasteiger partial charge is 0.379 e. The predicted octanol–water partition coefficient (Wildman–Crippen LogP) is 4.39. The van der Waals surface area contributed by atoms with Gasteiger partial charge in [0.15, 0.2) is 11.6 Å². The van der Waals surface area contributed by atoms with Crippen LogP contribution in [0.2, 0.25) is 0 Å². The third-order valence-electron chi connectivity index (χ3n) is 8.26. The maximum atomic E-state index is 5.55. The lowest BCUT2D eigenvalue weighted by molar-refractivity contribution is 0.189. The van der Waals surface area contributed by atoms with Crippen molar-refractivity contribution in [2.45, 2.75) is 64.6 Å². The number of piperidine rings is 1. The number of aryl methyl sites for hydroxylation is 3. The SMILES string of the molecule is C#CC(C)=CC=C(C)c1n[nH]c(C2CC3c4ccc(C)c(C)c4NC3C(c3cnn(C)c3)(c3noc(C)n3)N2)n1. The molecule has 5 heterocycles. The summed E-state index contributed by atoms with van der Waals surface area (Å²) in [6, 6.07) is 4.16. The van der Waals surface area contributed by atoms with Crippen LogP contribution in [0.4, 0.5) is 5.69 Å². The van der Waals surface area contributed by atoms with Crippen LogP contribution < -0.4 is 10.6 Å². The normalized spacial score (nSPS) is 24.4. The first-order chi connectivity index (χ1) is 19.2. The van der Waals surface area contributed by atoms with Crippen molar-refractivity contribution in [1.29, 1.82) is 0 Å². The van der Waals surface area contributed by atoms with Crippen LogP contribution in [0.5, 0.6) is 0 Å². The van der Waals surface area contributed by atoms with Crippen LogP contribution in [0, 0.1) is 33.1 Å². The van der Waals surface area contributed by atoms with E-state index in [1.807, 2.05) is 52.4 Å². The van der Waals surface area contributed by atoms with Crippen LogP contribution in [0.15, 0.2) is 46.8 Å². The summed E-state index contributed by atoms with van der Waals surface area (Å²) in [5, 5.41) is 24.5. The first-order valence-electron chi connectivity index (χ1n) is 13.4. The van der Waals surface area contributed by atoms with Gasteiger partial charge in [0.25, 0.3) is 0 Å². The van der Waals surface area contributed by atoms with E-state index < -0.39 is 5.54 Å². The van der Waals surface area contributed by atoms with E-state index in [2.05, 4.69) is 63.0 Å². The highest BCUT2D eigenvalue weighted by Gasteiger charge is 2.58. The lowest BCUT2D eigenvalue weighted by atomic mass is 9.70. The number of terminal acetylenes is 1. The van der Waals surface area contributed by atoms with Crippen molar-refractivity contribution in [3.63, 3.8) is 0 Å². The molecule has 4 unspecified atom stereocenters. The fourth-order valence-electron chi connectivity index (χ4n) is 5.96. The van der Waals surface area contributed by atoms with E-state index in [0.717, 1.165) is 29.0 Å². The minimum absolute atomic E-state index is 0.0960. The minimum atomic E-state index is -0.858. The Balaban J connectivity index is 1.50. The number of H-pyrrole nitrogens is 1. The molecule has 4 atom stereocenters. The van der Waals surface area contributed by atoms with Gasteiger partial charge in [0.1, 0.15) is 11.4 Å². The van der Waals surface area contributed by atoms with Crippen molar-refractivity contribution < 1.29 is 4.52 Å². The molecule has 0 aliphatic carbocycles. The van der Waals surface area contributed by atoms with Crippen molar-refractivity contribution in [1.82, 2.24) is 40.4 Å². The van der Waals surface area contributed by atoms with Crippen molar-refractivity contribution in [2.24, 2.45) is 7.05 Å². The first kappa shape index (κ1) is 25.8. The van der Waals surface area contributed by atoms with E-state index in [1.165, 1.54) is 22.4 Å². The average Bonchev–Trinajstić information content (AvgIpc) is 3.75. The number of allylic oxidation sites excluding steroid dienone is 4. The molecular weight excluding hydrogens is 502 g/mol. The minimum Gasteiger partial charge on any atom is -0.379 e. The van der Waals surface area contributed by atoms with E-state index >= 15 is 0 Å². The molecule has 0 bridgehead atoms. The molecular formula is C30H33N9O. The molecule has 3 N–H and O–H groups in total. The maximum absolute atomic E-state index is 5.55. The van der Waals surface area contributed by atoms with Gasteiger partial charge in [-0.05, 0) is 62.0 Å². The van der Waals surface area contributed by atoms with Gasteiger partial charge in [0.2, 0.25) is 5.89 Å². The molecule has 40 heavy (non-hydrogen) atoms. The van der Waals surface area contributed by atoms with E-state index in [0.29, 0.717) is 17.5 Å². The molecule has 0 radical (unpaired) electrons. The second-order valence-corrected chi connectivity index (χ2v) is 10.9. The number of aromatic nitrogens is 7. The van der Waals surface area contributed by atoms with Gasteiger partial charge in [-0.25, -0.2) is 4.98 Å². The highest BCUT2D eigenvalue weighted by molar-refractivity contribution is 5.68. The van der Waals surface area contributed by atoms with Gasteiger partial charge < -0.3 is 9.84 Å². The number of anilines is 1. The van der Waals surface area contributed by atoms with Crippen LogP contribution >= 0.6 is 0 Å². The van der Waals surface area contributed by atoms with Crippen LogP contribution in [0.3, 0.4) is 0 Å². The quantitative estimate of drug-likeness (QED) is 0.254. The van der Waals surface area contributed by atoms with Crippen LogP contribution in [0.25, 0.3) is 5.57 Å². The molecule has 6 rings (SSSR count). The monoisotopic (exact) mass is 535 g/mol. The third-order valence-corrected chi connectivity index (χ3v) is 8.26. The van der Waals surface area contributed by atoms with Gasteiger partial charge in [-0.2, -0.15) is 15.2 Å². The van der Waals surface area contributed by atoms with Gasteiger partial charge in [0, 0.05) is 37.3 Å². The smallest absolute Gasteiger partial charge is 0.223 e. The Hall–Kier alpha value is -4.49. The Morgan fingerprint density at radius 3 is 2.73 bits per heavy atom. The molecule has 2 aliphatic rings. The molecule has 10 nitrogen and oxygen atoms in total. The van der Waals surface area contributed by atoms with Crippen LogP contribution in [-0.4, -0.2) is 41.1 Å². The average molecular weight is 536 g/mol. The number of rotatable bonds is 5. The van der Waals surface area contributed by atoms with Crippen molar-refractivity contribution in [2.75, 3.05) is 5.32 Å². The molecule has 10 heteroatoms. The molecule has 2 aliphatic heterocycles. The second-order valence-electron chi connectivity index (χ2n) is 10.9. The molecule has 0 saturated carbocycles. The summed E-state index contributed by atoms with van der Waals surface area (Å²) in [5.41, 5.74) is 6.76. The molecule has 0 spiro atoms. The van der Waals surface area contributed by atoms with E-state index in [-0.39, 0.29) is 18.0 Å². The fourth-order valence-corrected chi connectivity index (χ4v) is 5.96. The van der Waals surface area contributed by atoms with Crippen LogP contribution in [-0.2, 0) is 12.6 Å². The number of nitrogens with zero attached hydrogens (tertiary/aromatic N) is 6. The molecule has 3 aromatic heterocycles. The summed E-state index contributed by atoms with van der Waals surface area (Å²) in [7, 11) is 1.91. The van der Waals surface area contributed by atoms with Gasteiger partial charge in [-0.15, -0.1) is 6.42 Å². The van der Waals surface area contributed by atoms with Crippen molar-refractivity contribution in [3.05, 3.63) is 87.9 Å². The molecule has 4 aromatic rings. The number of hydrogen-bond donors (Lipinski definition) is 3. The van der Waals surface area contributed by atoms with Gasteiger partial charge in [0.05, 0.1) is 18.3 Å². The van der Waals surface area contributed by atoms with Crippen molar-refractivity contribution in [3.8, 4) is 12.3 Å². The third kappa shape index (κ3) is 4.05. The Morgan fingerprint density at radius 1 is 1.20 bits per heavy atom. The van der Waals surface area contributed by atoms with Crippen LogP contribution in [0.1, 0.15) is 77.8 Å². The van der Waals surface area contributed by atoms with E-state index in [1.54, 1.807) is 4.68 Å². The highest BCUT2D eigenvalue weighted by atomic mass is 16.5. The summed E-state index contributed by atoms with van der Waals surface area (Å²) >= 11 is 0. The van der Waals surface area contributed by atoms with E-state index in [4.69, 9.17) is 20.9 Å². The zero-order valence-corrected chi connectivity index (χ0v) is 23.6. The Morgan fingerprint density at radius 2 is 2.02 bits per heavy atom. The molecule has 1 aromatic carbocycles. The zero-order chi connectivity index (χ0) is 28.2. The molecule has 1 saturated heterocycles. The topological polar surface area (TPSA) is 122 Å². The summed E-state index contributed by atoms with van der Waals surface area (Å²) in [5.74, 6) is 5.18. The number of benzene rings is 1. The Kier molecular flexibility index (Phi) is 6.19. The summed E-state index contributed by atoms with van der Waals surface area (Å²) < 4.78 is 7.35. The van der Waals surface area contributed by atoms with Crippen molar-refractivity contribution >= 4 is 11.3 Å². The number of aromatic amines is 1. The lowest BCUT2D eigenvalue weighted by Gasteiger charge is -2.47. The number of hydrogen-bond acceptors (Lipinski definition) is 8. The number of fused-ring (bicyclic) bond motifs is 3. The summed E-state index contributed by atoms with van der Waals surface area (Å²) in [6.07, 6.45) is 14.0. The summed E-state index contributed by atoms with van der Waals surface area (Å²) in [6.45, 7) is 9.99. The Bertz CT molecular complexity index is 1660. The zero-order valence-electron chi connectivity index (χ0n) is 23.6. The van der Waals surface area contributed by atoms with Gasteiger partial charge >= 0.3 is 0 Å². The predicted molar refractivity (Wildman–Crippen MR) is 152 cm³/mol. The molecule has 1 fully saturated rings. The van der Waals surface area contributed by atoms with E-state index in [9.17, 15) is 0 Å². The standard InChI is InChI=1S/C30H33N9O/c1-8-16(2)9-10-18(4)27-34-28(37-36-27)24-13-23-22-12-11-17(3)19(5)25(22)33-26(23)30(35-24,21-14-31-39(7)15-21)29-32-20(6)40-38-29/h1,9-12,14-15,23-24,26,33,35H,13H2,2-7H3,(H,34,36,37). The molecule has 204 valence electrons. The second kappa shape index (κ2) is 9.61. The van der Waals surface area contributed by atoms with Gasteiger partial charge in [-0.1, -0.05) is 35.4 Å². The number of nitrogens with one attached hydrogen (secondary N) is 3. The molecule has 0 amide bonds. The highest BCUT2D eigenvalue weighted by Crippen LogP contribution is 2.54. The first-order valence-corrected chi connectivity index (χ1v) is 13.4. The lowest BCUT2D eigenvalue weighted by Crippen LogP contribution is -2.61. The van der Waals surface area contributed by atoms with Gasteiger partial charge in [-0.3, -0.25) is 15.1 Å².